The minimum Gasteiger partial charge on any atom is -0.493 e. The maximum Gasteiger partial charge on any atom is 0.255 e. The number of hydrogen-bond donors (Lipinski definition) is 3. The highest BCUT2D eigenvalue weighted by Gasteiger charge is 2.31. The molecule has 1 aliphatic rings. The van der Waals surface area contributed by atoms with Crippen molar-refractivity contribution in [3.05, 3.63) is 52.9 Å². The van der Waals surface area contributed by atoms with Crippen molar-refractivity contribution in [1.29, 1.82) is 0 Å². The Morgan fingerprint density at radius 3 is 2.79 bits per heavy atom. The molecule has 0 spiro atoms. The molecule has 1 amide bonds. The fraction of sp³-hybridized carbons (Fsp3) is 0.360. The molecule has 4 rings (SSSR count). The Balaban J connectivity index is 1.85. The second kappa shape index (κ2) is 9.56. The van der Waals surface area contributed by atoms with E-state index < -0.39 is 5.60 Å². The number of benzene rings is 1. The zero-order valence-electron chi connectivity index (χ0n) is 19.9. The number of ether oxygens (including phenoxy) is 3. The fourth-order valence-corrected chi connectivity index (χ4v) is 4.15. The Hall–Kier alpha value is -3.23. The molecular weight excluding hydrogens is 456 g/mol. The van der Waals surface area contributed by atoms with Crippen LogP contribution in [0.1, 0.15) is 36.8 Å². The molecule has 0 radical (unpaired) electrons. The van der Waals surface area contributed by atoms with E-state index in [0.717, 1.165) is 11.3 Å². The molecule has 0 saturated heterocycles. The molecule has 1 atom stereocenters. The van der Waals surface area contributed by atoms with Crippen LogP contribution in [0.25, 0.3) is 11.3 Å². The van der Waals surface area contributed by atoms with Gasteiger partial charge in [-0.2, -0.15) is 0 Å². The minimum atomic E-state index is -0.480. The number of H-pyrrole nitrogens is 1. The average Bonchev–Trinajstić information content (AvgIpc) is 3.16. The number of nitrogens with zero attached hydrogens (tertiary/aromatic N) is 1. The standard InChI is InChI=1S/C25H29ClN4O4/c1-14-11-18-20(24(31)28-14)22(29-17-8-6-7-16(26)23(17)32-4)21(30-18)15-9-10-27-12-19(15)34-13-25(2,3)33-5/h6-10,12,14,29-30H,11,13H2,1-5H3,(H,28,31)/t14-/m1/s1. The van der Waals surface area contributed by atoms with Gasteiger partial charge in [-0.25, -0.2) is 0 Å². The van der Waals surface area contributed by atoms with Crippen LogP contribution in [-0.2, 0) is 11.2 Å². The lowest BCUT2D eigenvalue weighted by Crippen LogP contribution is -2.39. The molecule has 3 heterocycles. The Morgan fingerprint density at radius 2 is 2.06 bits per heavy atom. The molecule has 3 N–H and O–H groups in total. The summed E-state index contributed by atoms with van der Waals surface area (Å²) in [5, 5.41) is 6.87. The Labute approximate surface area is 204 Å². The van der Waals surface area contributed by atoms with Crippen LogP contribution in [0.3, 0.4) is 0 Å². The highest BCUT2D eigenvalue weighted by molar-refractivity contribution is 6.32. The zero-order valence-corrected chi connectivity index (χ0v) is 20.7. The monoisotopic (exact) mass is 484 g/mol. The van der Waals surface area contributed by atoms with Crippen molar-refractivity contribution in [3.63, 3.8) is 0 Å². The van der Waals surface area contributed by atoms with E-state index in [0.29, 0.717) is 52.2 Å². The number of aromatic nitrogens is 2. The largest absolute Gasteiger partial charge is 0.493 e. The normalized spacial score (nSPS) is 15.5. The first-order valence-electron chi connectivity index (χ1n) is 11.0. The van der Waals surface area contributed by atoms with Gasteiger partial charge in [-0.3, -0.25) is 9.78 Å². The summed E-state index contributed by atoms with van der Waals surface area (Å²) in [6.45, 7) is 6.19. The molecule has 2 aromatic heterocycles. The van der Waals surface area contributed by atoms with Gasteiger partial charge in [0.15, 0.2) is 5.75 Å². The smallest absolute Gasteiger partial charge is 0.255 e. The molecule has 1 aliphatic heterocycles. The summed E-state index contributed by atoms with van der Waals surface area (Å²) in [5.41, 5.74) is 3.64. The van der Waals surface area contributed by atoms with Gasteiger partial charge in [0.05, 0.1) is 46.6 Å². The van der Waals surface area contributed by atoms with Gasteiger partial charge < -0.3 is 29.8 Å². The van der Waals surface area contributed by atoms with Gasteiger partial charge in [-0.1, -0.05) is 17.7 Å². The van der Waals surface area contributed by atoms with E-state index in [1.165, 1.54) is 0 Å². The fourth-order valence-electron chi connectivity index (χ4n) is 3.90. The second-order valence-electron chi connectivity index (χ2n) is 8.88. The van der Waals surface area contributed by atoms with Gasteiger partial charge in [0.25, 0.3) is 5.91 Å². The number of pyridine rings is 1. The predicted molar refractivity (Wildman–Crippen MR) is 133 cm³/mol. The minimum absolute atomic E-state index is 0.00992. The number of nitrogens with one attached hydrogen (secondary N) is 3. The van der Waals surface area contributed by atoms with Crippen LogP contribution in [-0.4, -0.2) is 48.3 Å². The molecule has 0 bridgehead atoms. The molecular formula is C25H29ClN4O4. The summed E-state index contributed by atoms with van der Waals surface area (Å²) < 4.78 is 17.1. The molecule has 8 nitrogen and oxygen atoms in total. The second-order valence-corrected chi connectivity index (χ2v) is 9.28. The number of methoxy groups -OCH3 is 2. The maximum atomic E-state index is 13.1. The van der Waals surface area contributed by atoms with Gasteiger partial charge in [0, 0.05) is 37.0 Å². The molecule has 0 aliphatic carbocycles. The summed E-state index contributed by atoms with van der Waals surface area (Å²) >= 11 is 6.35. The van der Waals surface area contributed by atoms with Gasteiger partial charge >= 0.3 is 0 Å². The lowest BCUT2D eigenvalue weighted by atomic mass is 10.0. The van der Waals surface area contributed by atoms with Crippen LogP contribution in [0.5, 0.6) is 11.5 Å². The number of carbonyl (C=O) groups is 1. The molecule has 0 fully saturated rings. The maximum absolute atomic E-state index is 13.1. The molecule has 9 heteroatoms. The summed E-state index contributed by atoms with van der Waals surface area (Å²) in [6.07, 6.45) is 4.02. The number of amides is 1. The van der Waals surface area contributed by atoms with Crippen molar-refractivity contribution in [2.24, 2.45) is 0 Å². The van der Waals surface area contributed by atoms with Crippen molar-refractivity contribution in [3.8, 4) is 22.8 Å². The summed E-state index contributed by atoms with van der Waals surface area (Å²) in [7, 11) is 3.20. The van der Waals surface area contributed by atoms with Crippen LogP contribution in [0, 0.1) is 0 Å². The third kappa shape index (κ3) is 4.69. The average molecular weight is 485 g/mol. The van der Waals surface area contributed by atoms with Gasteiger partial charge in [0.1, 0.15) is 12.4 Å². The molecule has 1 aromatic carbocycles. The van der Waals surface area contributed by atoms with Crippen LogP contribution in [0.2, 0.25) is 5.02 Å². The number of fused-ring (bicyclic) bond motifs is 1. The Bertz CT molecular complexity index is 1210. The summed E-state index contributed by atoms with van der Waals surface area (Å²) in [4.78, 5) is 20.8. The lowest BCUT2D eigenvalue weighted by molar-refractivity contribution is -0.0146. The van der Waals surface area contributed by atoms with E-state index in [2.05, 4.69) is 20.6 Å². The number of para-hydroxylation sites is 1. The number of aromatic amines is 1. The van der Waals surface area contributed by atoms with Crippen molar-refractivity contribution >= 4 is 28.9 Å². The van der Waals surface area contributed by atoms with Crippen LogP contribution in [0.15, 0.2) is 36.7 Å². The highest BCUT2D eigenvalue weighted by atomic mass is 35.5. The molecule has 3 aromatic rings. The molecule has 180 valence electrons. The van der Waals surface area contributed by atoms with E-state index in [-0.39, 0.29) is 11.9 Å². The van der Waals surface area contributed by atoms with E-state index in [9.17, 15) is 4.79 Å². The number of anilines is 2. The number of rotatable bonds is 8. The van der Waals surface area contributed by atoms with Crippen molar-refractivity contribution in [1.82, 2.24) is 15.3 Å². The van der Waals surface area contributed by atoms with Crippen molar-refractivity contribution in [2.45, 2.75) is 38.8 Å². The van der Waals surface area contributed by atoms with Crippen LogP contribution >= 0.6 is 11.6 Å². The van der Waals surface area contributed by atoms with Crippen molar-refractivity contribution in [2.75, 3.05) is 26.1 Å². The number of carbonyl (C=O) groups excluding carboxylic acids is 1. The summed E-state index contributed by atoms with van der Waals surface area (Å²) in [5.74, 6) is 0.903. The first-order chi connectivity index (χ1) is 16.2. The van der Waals surface area contributed by atoms with Crippen LogP contribution < -0.4 is 20.1 Å². The summed E-state index contributed by atoms with van der Waals surface area (Å²) in [6, 6.07) is 7.29. The molecule has 34 heavy (non-hydrogen) atoms. The number of hydrogen-bond acceptors (Lipinski definition) is 6. The zero-order chi connectivity index (χ0) is 24.5. The van der Waals surface area contributed by atoms with Gasteiger partial charge in [-0.05, 0) is 39.0 Å². The Morgan fingerprint density at radius 1 is 1.26 bits per heavy atom. The van der Waals surface area contributed by atoms with Gasteiger partial charge in [0.2, 0.25) is 0 Å². The molecule has 0 unspecified atom stereocenters. The quantitative estimate of drug-likeness (QED) is 0.418. The third-order valence-corrected chi connectivity index (χ3v) is 6.10. The number of halogens is 1. The van der Waals surface area contributed by atoms with E-state index in [1.807, 2.05) is 39.0 Å². The van der Waals surface area contributed by atoms with E-state index >= 15 is 0 Å². The first-order valence-corrected chi connectivity index (χ1v) is 11.4. The van der Waals surface area contributed by atoms with E-state index in [4.69, 9.17) is 25.8 Å². The predicted octanol–water partition coefficient (Wildman–Crippen LogP) is 4.96. The van der Waals surface area contributed by atoms with Crippen LogP contribution in [0.4, 0.5) is 11.4 Å². The first kappa shape index (κ1) is 23.9. The van der Waals surface area contributed by atoms with E-state index in [1.54, 1.807) is 32.7 Å². The molecule has 0 saturated carbocycles. The van der Waals surface area contributed by atoms with Crippen molar-refractivity contribution < 1.29 is 19.0 Å². The highest BCUT2D eigenvalue weighted by Crippen LogP contribution is 2.43. The SMILES string of the molecule is COc1c(Cl)cccc1Nc1c(-c2ccncc2OCC(C)(C)OC)[nH]c2c1C(=O)N[C@H](C)C2. The Kier molecular flexibility index (Phi) is 6.72. The topological polar surface area (TPSA) is 97.5 Å². The van der Waals surface area contributed by atoms with Gasteiger partial charge in [-0.15, -0.1) is 0 Å². The third-order valence-electron chi connectivity index (χ3n) is 5.81. The lowest BCUT2D eigenvalue weighted by Gasteiger charge is -2.23.